The van der Waals surface area contributed by atoms with Crippen molar-refractivity contribution in [3.63, 3.8) is 0 Å². The van der Waals surface area contributed by atoms with Crippen molar-refractivity contribution < 1.29 is 8.76 Å². The normalized spacial score (nSPS) is 12.5. The van der Waals surface area contributed by atoms with Crippen LogP contribution in [-0.2, 0) is 11.3 Å². The van der Waals surface area contributed by atoms with Gasteiger partial charge >= 0.3 is 0 Å². The summed E-state index contributed by atoms with van der Waals surface area (Å²) in [7, 11) is 0. The van der Waals surface area contributed by atoms with Gasteiger partial charge in [-0.05, 0) is 12.1 Å². The molecular weight excluding hydrogens is 166 g/mol. The Morgan fingerprint density at radius 1 is 1.64 bits per heavy atom. The molecule has 0 spiro atoms. The van der Waals surface area contributed by atoms with E-state index in [2.05, 4.69) is 9.71 Å². The lowest BCUT2D eigenvalue weighted by Crippen LogP contribution is -2.02. The number of hydrogen-bond acceptors (Lipinski definition) is 4. The monoisotopic (exact) mass is 172 g/mol. The Kier molecular flexibility index (Phi) is 2.40. The number of aromatic nitrogens is 1. The fourth-order valence-electron chi connectivity index (χ4n) is 0.562. The van der Waals surface area contributed by atoms with E-state index in [0.29, 0.717) is 11.5 Å². The van der Waals surface area contributed by atoms with Crippen LogP contribution in [-0.4, -0.2) is 13.7 Å². The minimum Gasteiger partial charge on any atom is -0.755 e. The molecule has 11 heavy (non-hydrogen) atoms. The second kappa shape index (κ2) is 3.31. The number of pyridine rings is 1. The molecule has 0 aliphatic carbocycles. The number of nitrogens with zero attached hydrogens (tertiary/aromatic N) is 1. The molecule has 0 bridgehead atoms. The van der Waals surface area contributed by atoms with Crippen LogP contribution in [0.3, 0.4) is 0 Å². The number of nitrogens with one attached hydrogen (secondary N) is 1. The summed E-state index contributed by atoms with van der Waals surface area (Å²) in [6, 6.07) is 3.04. The quantitative estimate of drug-likeness (QED) is 0.608. The van der Waals surface area contributed by atoms with Gasteiger partial charge in [0.25, 0.3) is 0 Å². The fourth-order valence-corrected chi connectivity index (χ4v) is 0.875. The molecule has 1 aromatic heterocycles. The molecule has 0 amide bonds. The van der Waals surface area contributed by atoms with Crippen LogP contribution in [0.1, 0.15) is 0 Å². The molecule has 0 aliphatic heterocycles. The highest BCUT2D eigenvalue weighted by atomic mass is 32.2. The second-order valence-electron chi connectivity index (χ2n) is 1.81. The van der Waals surface area contributed by atoms with Crippen molar-refractivity contribution in [1.29, 1.82) is 0 Å². The third kappa shape index (κ3) is 2.52. The van der Waals surface area contributed by atoms with E-state index in [4.69, 9.17) is 5.73 Å². The van der Waals surface area contributed by atoms with E-state index in [0.717, 1.165) is 0 Å². The van der Waals surface area contributed by atoms with E-state index in [-0.39, 0.29) is 0 Å². The summed E-state index contributed by atoms with van der Waals surface area (Å²) in [6.07, 6.45) is 1.34. The largest absolute Gasteiger partial charge is 0.755 e. The molecule has 1 heterocycles. The standard InChI is InChI=1S/C5H7N3O2S/c6-5-2-1-4(3-7-5)8-11(9)10/h1-3,8H,(H2,6,7)(H,9,10)/p-1. The zero-order valence-corrected chi connectivity index (χ0v) is 6.30. The van der Waals surface area contributed by atoms with Crippen LogP contribution in [0.4, 0.5) is 11.5 Å². The van der Waals surface area contributed by atoms with Crippen molar-refractivity contribution >= 4 is 22.8 Å². The Balaban J connectivity index is 2.74. The van der Waals surface area contributed by atoms with Crippen molar-refractivity contribution in [3.8, 4) is 0 Å². The first-order valence-corrected chi connectivity index (χ1v) is 3.83. The Morgan fingerprint density at radius 3 is 2.82 bits per heavy atom. The van der Waals surface area contributed by atoms with Gasteiger partial charge in [0.2, 0.25) is 0 Å². The van der Waals surface area contributed by atoms with E-state index < -0.39 is 11.3 Å². The molecule has 60 valence electrons. The maximum absolute atomic E-state index is 10.1. The third-order valence-corrected chi connectivity index (χ3v) is 1.39. The summed E-state index contributed by atoms with van der Waals surface area (Å²) in [5.41, 5.74) is 5.66. The summed E-state index contributed by atoms with van der Waals surface area (Å²) in [4.78, 5) is 3.67. The van der Waals surface area contributed by atoms with Crippen LogP contribution in [0.2, 0.25) is 0 Å². The molecule has 1 rings (SSSR count). The minimum atomic E-state index is -2.30. The van der Waals surface area contributed by atoms with Crippen LogP contribution in [0, 0.1) is 0 Å². The predicted octanol–water partition coefficient (Wildman–Crippen LogP) is -0.130. The molecule has 0 aliphatic rings. The van der Waals surface area contributed by atoms with Crippen molar-refractivity contribution in [2.45, 2.75) is 0 Å². The average molecular weight is 172 g/mol. The van der Waals surface area contributed by atoms with Gasteiger partial charge in [-0.2, -0.15) is 0 Å². The summed E-state index contributed by atoms with van der Waals surface area (Å²) >= 11 is -2.30. The van der Waals surface area contributed by atoms with Gasteiger partial charge in [0.1, 0.15) is 5.82 Å². The summed E-state index contributed by atoms with van der Waals surface area (Å²) < 4.78 is 22.3. The highest BCUT2D eigenvalue weighted by Crippen LogP contribution is 2.06. The molecule has 1 aromatic rings. The van der Waals surface area contributed by atoms with E-state index >= 15 is 0 Å². The highest BCUT2D eigenvalue weighted by Gasteiger charge is 1.89. The summed E-state index contributed by atoms with van der Waals surface area (Å²) in [6.45, 7) is 0. The average Bonchev–Trinajstić information content (AvgIpc) is 1.93. The molecule has 5 nitrogen and oxygen atoms in total. The Labute approximate surface area is 66.1 Å². The molecule has 1 unspecified atom stereocenters. The predicted molar refractivity (Wildman–Crippen MR) is 41.2 cm³/mol. The van der Waals surface area contributed by atoms with Gasteiger partial charge in [-0.3, -0.25) is 4.21 Å². The molecular formula is C5H6N3O2S-. The smallest absolute Gasteiger partial charge is 0.123 e. The minimum absolute atomic E-state index is 0.354. The van der Waals surface area contributed by atoms with Gasteiger partial charge in [0.05, 0.1) is 11.9 Å². The molecule has 3 N–H and O–H groups in total. The first-order valence-electron chi connectivity index (χ1n) is 2.76. The van der Waals surface area contributed by atoms with E-state index in [1.54, 1.807) is 0 Å². The van der Waals surface area contributed by atoms with Crippen molar-refractivity contribution in [2.75, 3.05) is 10.5 Å². The van der Waals surface area contributed by atoms with Gasteiger partial charge < -0.3 is 15.0 Å². The van der Waals surface area contributed by atoms with Gasteiger partial charge in [0, 0.05) is 11.3 Å². The molecule has 1 atom stereocenters. The van der Waals surface area contributed by atoms with Crippen LogP contribution >= 0.6 is 0 Å². The molecule has 0 aromatic carbocycles. The van der Waals surface area contributed by atoms with E-state index in [9.17, 15) is 8.76 Å². The number of hydrogen-bond donors (Lipinski definition) is 2. The number of nitrogen functional groups attached to an aromatic ring is 1. The SMILES string of the molecule is Nc1ccc(NS(=O)[O-])cn1. The first-order chi connectivity index (χ1) is 5.18. The topological polar surface area (TPSA) is 91.1 Å². The summed E-state index contributed by atoms with van der Waals surface area (Å²) in [5, 5.41) is 0. The second-order valence-corrected chi connectivity index (χ2v) is 2.48. The fraction of sp³-hybridized carbons (Fsp3) is 0. The first kappa shape index (κ1) is 7.96. The lowest BCUT2D eigenvalue weighted by atomic mass is 10.4. The van der Waals surface area contributed by atoms with Gasteiger partial charge in [-0.25, -0.2) is 4.98 Å². The lowest BCUT2D eigenvalue weighted by molar-refractivity contribution is 0.542. The van der Waals surface area contributed by atoms with Gasteiger partial charge in [0.15, 0.2) is 0 Å². The van der Waals surface area contributed by atoms with Crippen molar-refractivity contribution in [3.05, 3.63) is 18.3 Å². The maximum atomic E-state index is 10.1. The lowest BCUT2D eigenvalue weighted by Gasteiger charge is -2.06. The summed E-state index contributed by atoms with van der Waals surface area (Å²) in [5.74, 6) is 0.354. The number of anilines is 2. The zero-order chi connectivity index (χ0) is 8.27. The van der Waals surface area contributed by atoms with Crippen LogP contribution in [0.5, 0.6) is 0 Å². The number of nitrogens with two attached hydrogens (primary N) is 1. The molecule has 0 saturated carbocycles. The van der Waals surface area contributed by atoms with Crippen molar-refractivity contribution in [2.24, 2.45) is 0 Å². The molecule has 0 saturated heterocycles. The molecule has 0 fully saturated rings. The van der Waals surface area contributed by atoms with Crippen LogP contribution in [0.15, 0.2) is 18.3 Å². The molecule has 6 heteroatoms. The third-order valence-electron chi connectivity index (χ3n) is 0.988. The van der Waals surface area contributed by atoms with Crippen LogP contribution < -0.4 is 10.5 Å². The number of rotatable bonds is 2. The van der Waals surface area contributed by atoms with Crippen LogP contribution in [0.25, 0.3) is 0 Å². The zero-order valence-electron chi connectivity index (χ0n) is 5.48. The Morgan fingerprint density at radius 2 is 2.36 bits per heavy atom. The maximum Gasteiger partial charge on any atom is 0.123 e. The van der Waals surface area contributed by atoms with Crippen molar-refractivity contribution in [1.82, 2.24) is 4.98 Å². The van der Waals surface area contributed by atoms with E-state index in [1.807, 2.05) is 0 Å². The van der Waals surface area contributed by atoms with E-state index in [1.165, 1.54) is 18.3 Å². The highest BCUT2D eigenvalue weighted by molar-refractivity contribution is 7.80. The Hall–Kier alpha value is -1.14. The van der Waals surface area contributed by atoms with Gasteiger partial charge in [-0.15, -0.1) is 0 Å². The van der Waals surface area contributed by atoms with Gasteiger partial charge in [-0.1, -0.05) is 0 Å². The molecule has 0 radical (unpaired) electrons. The Bertz CT molecular complexity index is 261.